The molecule has 1 N–H and O–H groups in total. The number of benzene rings is 1. The average molecular weight is 412 g/mol. The third-order valence-electron chi connectivity index (χ3n) is 5.27. The number of thioether (sulfide) groups is 1. The third kappa shape index (κ3) is 4.90. The van der Waals surface area contributed by atoms with E-state index in [0.29, 0.717) is 17.6 Å². The summed E-state index contributed by atoms with van der Waals surface area (Å²) in [6.07, 6.45) is 7.88. The van der Waals surface area contributed by atoms with Gasteiger partial charge in [-0.2, -0.15) is 0 Å². The monoisotopic (exact) mass is 411 g/mol. The van der Waals surface area contributed by atoms with Crippen LogP contribution in [0.25, 0.3) is 6.08 Å². The number of aromatic nitrogens is 1. The van der Waals surface area contributed by atoms with Gasteiger partial charge in [0.2, 0.25) is 0 Å². The molecule has 1 amide bonds. The van der Waals surface area contributed by atoms with Crippen LogP contribution in [0.3, 0.4) is 0 Å². The minimum absolute atomic E-state index is 0.0803. The Morgan fingerprint density at radius 1 is 1.24 bits per heavy atom. The molecule has 1 aliphatic carbocycles. The molecule has 2 aromatic rings. The first-order valence-corrected chi connectivity index (χ1v) is 10.8. The third-order valence-corrected chi connectivity index (χ3v) is 6.19. The summed E-state index contributed by atoms with van der Waals surface area (Å²) in [5, 5.41) is 7.56. The van der Waals surface area contributed by atoms with Gasteiger partial charge in [0.05, 0.1) is 22.2 Å². The lowest BCUT2D eigenvalue weighted by Crippen LogP contribution is -2.22. The van der Waals surface area contributed by atoms with E-state index >= 15 is 0 Å². The van der Waals surface area contributed by atoms with Gasteiger partial charge in [-0.15, -0.1) is 0 Å². The Balaban J connectivity index is 1.38. The molecule has 29 heavy (non-hydrogen) atoms. The molecule has 0 bridgehead atoms. The summed E-state index contributed by atoms with van der Waals surface area (Å²) < 4.78 is 11.0. The standard InChI is InChI=1S/C22H25N3O3S/c1-14-19(15(2)28-25-14)13-27-18-10-8-16(9-11-18)12-20-21(26)24-22(29-20)23-17-6-4-3-5-7-17/h8-12,17H,3-7,13H2,1-2H3,(H,23,24,26)/b20-12-. The van der Waals surface area contributed by atoms with Gasteiger partial charge in [-0.25, -0.2) is 0 Å². The van der Waals surface area contributed by atoms with Gasteiger partial charge < -0.3 is 14.6 Å². The number of nitrogens with one attached hydrogen (secondary N) is 1. The normalized spacial score (nSPS) is 20.4. The number of carbonyl (C=O) groups excluding carboxylic acids is 1. The van der Waals surface area contributed by atoms with Crippen LogP contribution >= 0.6 is 11.8 Å². The van der Waals surface area contributed by atoms with Crippen molar-refractivity contribution < 1.29 is 14.1 Å². The second-order valence-electron chi connectivity index (χ2n) is 7.45. The predicted octanol–water partition coefficient (Wildman–Crippen LogP) is 4.76. The van der Waals surface area contributed by atoms with Crippen LogP contribution in [-0.4, -0.2) is 22.3 Å². The summed E-state index contributed by atoms with van der Waals surface area (Å²) in [5.41, 5.74) is 2.77. The zero-order valence-electron chi connectivity index (χ0n) is 16.7. The van der Waals surface area contributed by atoms with E-state index < -0.39 is 0 Å². The van der Waals surface area contributed by atoms with Crippen LogP contribution in [-0.2, 0) is 11.4 Å². The van der Waals surface area contributed by atoms with Crippen LogP contribution in [0.1, 0.15) is 54.7 Å². The van der Waals surface area contributed by atoms with Crippen LogP contribution in [0.4, 0.5) is 0 Å². The quantitative estimate of drug-likeness (QED) is 0.718. The number of rotatable bonds is 5. The zero-order chi connectivity index (χ0) is 20.2. The highest BCUT2D eigenvalue weighted by Crippen LogP contribution is 2.29. The lowest BCUT2D eigenvalue weighted by Gasteiger charge is -2.17. The van der Waals surface area contributed by atoms with Crippen molar-refractivity contribution in [2.45, 2.75) is 58.6 Å². The first-order chi connectivity index (χ1) is 14.1. The smallest absolute Gasteiger partial charge is 0.264 e. The summed E-state index contributed by atoms with van der Waals surface area (Å²) in [6.45, 7) is 4.20. The van der Waals surface area contributed by atoms with Crippen LogP contribution in [0.2, 0.25) is 0 Å². The van der Waals surface area contributed by atoms with E-state index in [4.69, 9.17) is 14.3 Å². The summed E-state index contributed by atoms with van der Waals surface area (Å²) in [5.74, 6) is 1.46. The lowest BCUT2D eigenvalue weighted by molar-refractivity contribution is -0.115. The molecule has 152 valence electrons. The predicted molar refractivity (Wildman–Crippen MR) is 115 cm³/mol. The highest BCUT2D eigenvalue weighted by atomic mass is 32.2. The molecule has 1 aromatic heterocycles. The molecule has 0 unspecified atom stereocenters. The SMILES string of the molecule is Cc1noc(C)c1COc1ccc(/C=C2\SC(=NC3CCCCC3)NC2=O)cc1. The van der Waals surface area contributed by atoms with E-state index in [-0.39, 0.29) is 5.91 Å². The fourth-order valence-corrected chi connectivity index (χ4v) is 4.43. The maximum absolute atomic E-state index is 12.3. The number of nitrogens with zero attached hydrogens (tertiary/aromatic N) is 2. The van der Waals surface area contributed by atoms with Crippen LogP contribution < -0.4 is 10.1 Å². The highest BCUT2D eigenvalue weighted by molar-refractivity contribution is 8.18. The molecule has 6 nitrogen and oxygen atoms in total. The van der Waals surface area contributed by atoms with Crippen molar-refractivity contribution in [3.05, 3.63) is 51.8 Å². The molecular weight excluding hydrogens is 386 g/mol. The van der Waals surface area contributed by atoms with Crippen LogP contribution in [0.15, 0.2) is 38.7 Å². The molecule has 4 rings (SSSR count). The summed E-state index contributed by atoms with van der Waals surface area (Å²) in [6, 6.07) is 8.04. The molecule has 0 atom stereocenters. The zero-order valence-corrected chi connectivity index (χ0v) is 17.6. The van der Waals surface area contributed by atoms with Gasteiger partial charge in [-0.3, -0.25) is 9.79 Å². The molecule has 2 heterocycles. The minimum Gasteiger partial charge on any atom is -0.489 e. The minimum atomic E-state index is -0.0803. The first kappa shape index (κ1) is 19.8. The molecule has 7 heteroatoms. The Kier molecular flexibility index (Phi) is 6.04. The number of aliphatic imine (C=N–C) groups is 1. The fourth-order valence-electron chi connectivity index (χ4n) is 3.54. The summed E-state index contributed by atoms with van der Waals surface area (Å²) in [7, 11) is 0. The molecule has 1 aliphatic heterocycles. The van der Waals surface area contributed by atoms with E-state index in [1.807, 2.05) is 44.2 Å². The van der Waals surface area contributed by atoms with Crippen LogP contribution in [0, 0.1) is 13.8 Å². The van der Waals surface area contributed by atoms with Crippen molar-refractivity contribution in [2.75, 3.05) is 0 Å². The Bertz CT molecular complexity index is 921. The van der Waals surface area contributed by atoms with E-state index in [1.54, 1.807) is 0 Å². The van der Waals surface area contributed by atoms with E-state index in [9.17, 15) is 4.79 Å². The number of hydrogen-bond donors (Lipinski definition) is 1. The fraction of sp³-hybridized carbons (Fsp3) is 0.409. The second kappa shape index (κ2) is 8.86. The van der Waals surface area contributed by atoms with Crippen molar-refractivity contribution in [3.63, 3.8) is 0 Å². The van der Waals surface area contributed by atoms with Gasteiger partial charge in [-0.1, -0.05) is 36.6 Å². The number of aryl methyl sites for hydroxylation is 2. The topological polar surface area (TPSA) is 76.7 Å². The molecule has 0 radical (unpaired) electrons. The number of amides is 1. The number of ether oxygens (including phenoxy) is 1. The lowest BCUT2D eigenvalue weighted by atomic mass is 9.96. The molecular formula is C22H25N3O3S. The van der Waals surface area contributed by atoms with E-state index in [1.165, 1.54) is 31.0 Å². The molecule has 0 spiro atoms. The van der Waals surface area contributed by atoms with E-state index in [2.05, 4.69) is 10.5 Å². The van der Waals surface area contributed by atoms with Crippen molar-refractivity contribution in [2.24, 2.45) is 4.99 Å². The molecule has 2 aliphatic rings. The maximum Gasteiger partial charge on any atom is 0.264 e. The largest absolute Gasteiger partial charge is 0.489 e. The number of carbonyl (C=O) groups is 1. The molecule has 1 saturated heterocycles. The summed E-state index contributed by atoms with van der Waals surface area (Å²) >= 11 is 1.43. The Hall–Kier alpha value is -2.54. The Morgan fingerprint density at radius 3 is 2.69 bits per heavy atom. The van der Waals surface area contributed by atoms with Crippen molar-refractivity contribution in [1.82, 2.24) is 10.5 Å². The van der Waals surface area contributed by atoms with Gasteiger partial charge in [0, 0.05) is 0 Å². The average Bonchev–Trinajstić information content (AvgIpc) is 3.23. The Morgan fingerprint density at radius 2 is 2.00 bits per heavy atom. The molecule has 1 saturated carbocycles. The first-order valence-electron chi connectivity index (χ1n) is 10.0. The van der Waals surface area contributed by atoms with Gasteiger partial charge in [0.1, 0.15) is 18.1 Å². The molecule has 1 aromatic carbocycles. The van der Waals surface area contributed by atoms with Gasteiger partial charge >= 0.3 is 0 Å². The number of hydrogen-bond acceptors (Lipinski definition) is 6. The maximum atomic E-state index is 12.3. The van der Waals surface area contributed by atoms with Gasteiger partial charge in [-0.05, 0) is 62.2 Å². The Labute approximate surface area is 174 Å². The van der Waals surface area contributed by atoms with E-state index in [0.717, 1.165) is 46.3 Å². The summed E-state index contributed by atoms with van der Waals surface area (Å²) in [4.78, 5) is 17.7. The van der Waals surface area contributed by atoms with Gasteiger partial charge in [0.25, 0.3) is 5.91 Å². The van der Waals surface area contributed by atoms with Crippen LogP contribution in [0.5, 0.6) is 5.75 Å². The van der Waals surface area contributed by atoms with Gasteiger partial charge in [0.15, 0.2) is 5.17 Å². The van der Waals surface area contributed by atoms with Crippen molar-refractivity contribution >= 4 is 28.9 Å². The number of amidine groups is 1. The van der Waals surface area contributed by atoms with Crippen molar-refractivity contribution in [1.29, 1.82) is 0 Å². The molecule has 2 fully saturated rings. The van der Waals surface area contributed by atoms with Crippen molar-refractivity contribution in [3.8, 4) is 5.75 Å². The second-order valence-corrected chi connectivity index (χ2v) is 8.48. The highest BCUT2D eigenvalue weighted by Gasteiger charge is 2.25.